The Balaban J connectivity index is 1.37. The average molecular weight is 438 g/mol. The lowest BCUT2D eigenvalue weighted by atomic mass is 10.3. The fraction of sp³-hybridized carbons (Fsp3) is 0.0476. The number of ether oxygens (including phenoxy) is 1. The molecule has 28 heavy (non-hydrogen) atoms. The third-order valence-electron chi connectivity index (χ3n) is 3.93. The minimum atomic E-state index is -0.367. The molecule has 6 nitrogen and oxygen atoms in total. The minimum Gasteiger partial charge on any atom is -0.486 e. The number of halogens is 1. The third kappa shape index (κ3) is 4.32. The molecule has 7 heteroatoms. The molecule has 2 heterocycles. The van der Waals surface area contributed by atoms with Crippen LogP contribution in [0.4, 0.5) is 5.82 Å². The quantitative estimate of drug-likeness (QED) is 0.457. The lowest BCUT2D eigenvalue weighted by Gasteiger charge is -2.04. The molecule has 4 aromatic rings. The van der Waals surface area contributed by atoms with Gasteiger partial charge in [-0.15, -0.1) is 0 Å². The molecular formula is C21H16BrN3O3. The van der Waals surface area contributed by atoms with Gasteiger partial charge in [-0.25, -0.2) is 4.68 Å². The first-order valence-corrected chi connectivity index (χ1v) is 9.36. The highest BCUT2D eigenvalue weighted by atomic mass is 79.9. The number of para-hydroxylation sites is 1. The van der Waals surface area contributed by atoms with E-state index in [0.717, 1.165) is 15.9 Å². The Bertz CT molecular complexity index is 1070. The average Bonchev–Trinajstić information content (AvgIpc) is 3.38. The van der Waals surface area contributed by atoms with E-state index in [9.17, 15) is 4.79 Å². The van der Waals surface area contributed by atoms with Gasteiger partial charge in [0.2, 0.25) is 0 Å². The Morgan fingerprint density at radius 1 is 1.04 bits per heavy atom. The highest BCUT2D eigenvalue weighted by Crippen LogP contribution is 2.18. The van der Waals surface area contributed by atoms with Crippen LogP contribution in [0, 0.1) is 0 Å². The van der Waals surface area contributed by atoms with E-state index >= 15 is 0 Å². The van der Waals surface area contributed by atoms with Crippen molar-refractivity contribution in [2.75, 3.05) is 5.32 Å². The molecule has 0 bridgehead atoms. The van der Waals surface area contributed by atoms with E-state index in [1.54, 1.807) is 29.1 Å². The van der Waals surface area contributed by atoms with E-state index in [1.165, 1.54) is 0 Å². The second-order valence-electron chi connectivity index (χ2n) is 5.94. The molecule has 0 aliphatic carbocycles. The van der Waals surface area contributed by atoms with Gasteiger partial charge >= 0.3 is 0 Å². The molecule has 140 valence electrons. The molecule has 0 saturated carbocycles. The molecule has 2 aromatic carbocycles. The number of anilines is 1. The molecule has 0 saturated heterocycles. The van der Waals surface area contributed by atoms with E-state index in [1.807, 2.05) is 54.6 Å². The number of hydrogen-bond donors (Lipinski definition) is 1. The number of furan rings is 1. The summed E-state index contributed by atoms with van der Waals surface area (Å²) >= 11 is 3.38. The van der Waals surface area contributed by atoms with Gasteiger partial charge in [0.05, 0.1) is 5.69 Å². The van der Waals surface area contributed by atoms with Crippen molar-refractivity contribution in [3.8, 4) is 11.4 Å². The fourth-order valence-electron chi connectivity index (χ4n) is 2.56. The maximum Gasteiger partial charge on any atom is 0.292 e. The third-order valence-corrected chi connectivity index (χ3v) is 4.46. The van der Waals surface area contributed by atoms with E-state index in [4.69, 9.17) is 9.15 Å². The Morgan fingerprint density at radius 3 is 2.61 bits per heavy atom. The van der Waals surface area contributed by atoms with Gasteiger partial charge in [0.15, 0.2) is 11.6 Å². The van der Waals surface area contributed by atoms with Crippen LogP contribution in [0.15, 0.2) is 87.9 Å². The number of aromatic nitrogens is 2. The maximum atomic E-state index is 12.4. The van der Waals surface area contributed by atoms with Gasteiger partial charge in [0.1, 0.15) is 18.1 Å². The van der Waals surface area contributed by atoms with Gasteiger partial charge in [0, 0.05) is 16.7 Å². The van der Waals surface area contributed by atoms with E-state index in [0.29, 0.717) is 11.6 Å². The van der Waals surface area contributed by atoms with Crippen molar-refractivity contribution < 1.29 is 13.9 Å². The van der Waals surface area contributed by atoms with Crippen molar-refractivity contribution >= 4 is 27.7 Å². The van der Waals surface area contributed by atoms with Crippen LogP contribution in [0.5, 0.6) is 5.75 Å². The van der Waals surface area contributed by atoms with Gasteiger partial charge in [-0.3, -0.25) is 4.79 Å². The maximum absolute atomic E-state index is 12.4. The number of amides is 1. The highest BCUT2D eigenvalue weighted by Gasteiger charge is 2.13. The number of carbonyl (C=O) groups excluding carboxylic acids is 1. The van der Waals surface area contributed by atoms with E-state index in [2.05, 4.69) is 26.3 Å². The summed E-state index contributed by atoms with van der Waals surface area (Å²) < 4.78 is 13.9. The summed E-state index contributed by atoms with van der Waals surface area (Å²) in [5, 5.41) is 7.08. The lowest BCUT2D eigenvalue weighted by molar-refractivity contribution is 0.0992. The molecule has 4 rings (SSSR count). The molecule has 2 aromatic heterocycles. The van der Waals surface area contributed by atoms with Crippen LogP contribution in [0.2, 0.25) is 0 Å². The first kappa shape index (κ1) is 18.1. The van der Waals surface area contributed by atoms with Gasteiger partial charge in [-0.2, -0.15) is 5.10 Å². The van der Waals surface area contributed by atoms with Crippen LogP contribution >= 0.6 is 15.9 Å². The summed E-state index contributed by atoms with van der Waals surface area (Å²) in [7, 11) is 0. The number of hydrogen-bond acceptors (Lipinski definition) is 4. The molecule has 0 unspecified atom stereocenters. The summed E-state index contributed by atoms with van der Waals surface area (Å²) in [6, 6.07) is 22.2. The minimum absolute atomic E-state index is 0.198. The van der Waals surface area contributed by atoms with Crippen LogP contribution in [-0.2, 0) is 6.61 Å². The second-order valence-corrected chi connectivity index (χ2v) is 6.86. The van der Waals surface area contributed by atoms with E-state index in [-0.39, 0.29) is 18.3 Å². The first-order valence-electron chi connectivity index (χ1n) is 8.57. The predicted octanol–water partition coefficient (Wildman–Crippen LogP) is 5.06. The normalized spacial score (nSPS) is 10.6. The number of nitrogens with zero attached hydrogens (tertiary/aromatic N) is 2. The fourth-order valence-corrected chi connectivity index (χ4v) is 2.82. The van der Waals surface area contributed by atoms with E-state index < -0.39 is 0 Å². The van der Waals surface area contributed by atoms with Gasteiger partial charge in [-0.05, 0) is 48.5 Å². The number of rotatable bonds is 6. The van der Waals surface area contributed by atoms with Crippen LogP contribution in [0.25, 0.3) is 5.69 Å². The highest BCUT2D eigenvalue weighted by molar-refractivity contribution is 9.10. The molecule has 1 amide bonds. The van der Waals surface area contributed by atoms with Crippen molar-refractivity contribution in [1.29, 1.82) is 0 Å². The molecule has 0 aliphatic rings. The number of nitrogens with one attached hydrogen (secondary N) is 1. The number of carbonyl (C=O) groups is 1. The zero-order valence-corrected chi connectivity index (χ0v) is 16.3. The Kier molecular flexibility index (Phi) is 5.25. The Morgan fingerprint density at radius 2 is 1.82 bits per heavy atom. The van der Waals surface area contributed by atoms with Crippen LogP contribution in [0.3, 0.4) is 0 Å². The monoisotopic (exact) mass is 437 g/mol. The van der Waals surface area contributed by atoms with Crippen molar-refractivity contribution in [3.05, 3.63) is 95.0 Å². The first-order chi connectivity index (χ1) is 13.7. The largest absolute Gasteiger partial charge is 0.486 e. The molecule has 0 radical (unpaired) electrons. The second kappa shape index (κ2) is 8.14. The molecule has 1 N–H and O–H groups in total. The summed E-state index contributed by atoms with van der Waals surface area (Å²) in [5.74, 6) is 1.55. The molecule has 0 spiro atoms. The molecular weight excluding hydrogens is 422 g/mol. The van der Waals surface area contributed by atoms with Gasteiger partial charge in [-0.1, -0.05) is 34.1 Å². The number of benzene rings is 2. The standard InChI is InChI=1S/C21H16BrN3O3/c22-15-6-8-17(9-7-15)27-14-18-10-11-19(28-18)21(26)23-20-12-13-25(24-20)16-4-2-1-3-5-16/h1-13H,14H2,(H,23,24,26). The SMILES string of the molecule is O=C(Nc1ccn(-c2ccccc2)n1)c1ccc(COc2ccc(Br)cc2)o1. The topological polar surface area (TPSA) is 69.3 Å². The van der Waals surface area contributed by atoms with Crippen LogP contribution in [0.1, 0.15) is 16.3 Å². The van der Waals surface area contributed by atoms with Crippen molar-refractivity contribution in [3.63, 3.8) is 0 Å². The molecule has 0 atom stereocenters. The predicted molar refractivity (Wildman–Crippen MR) is 109 cm³/mol. The Hall–Kier alpha value is -3.32. The molecule has 0 aliphatic heterocycles. The van der Waals surface area contributed by atoms with Crippen LogP contribution < -0.4 is 10.1 Å². The summed E-state index contributed by atoms with van der Waals surface area (Å²) in [6.45, 7) is 0.234. The summed E-state index contributed by atoms with van der Waals surface area (Å²) in [4.78, 5) is 12.4. The molecule has 0 fully saturated rings. The summed E-state index contributed by atoms with van der Waals surface area (Å²) in [6.07, 6.45) is 1.78. The lowest BCUT2D eigenvalue weighted by Crippen LogP contribution is -2.11. The van der Waals surface area contributed by atoms with Crippen molar-refractivity contribution in [2.45, 2.75) is 6.61 Å². The Labute approximate surface area is 169 Å². The zero-order valence-electron chi connectivity index (χ0n) is 14.7. The van der Waals surface area contributed by atoms with Crippen molar-refractivity contribution in [2.24, 2.45) is 0 Å². The summed E-state index contributed by atoms with van der Waals surface area (Å²) in [5.41, 5.74) is 0.911. The zero-order chi connectivity index (χ0) is 19.3. The van der Waals surface area contributed by atoms with Crippen molar-refractivity contribution in [1.82, 2.24) is 9.78 Å². The smallest absolute Gasteiger partial charge is 0.292 e. The van der Waals surface area contributed by atoms with Gasteiger partial charge in [0.25, 0.3) is 5.91 Å². The van der Waals surface area contributed by atoms with Gasteiger partial charge < -0.3 is 14.5 Å². The van der Waals surface area contributed by atoms with Crippen LogP contribution in [-0.4, -0.2) is 15.7 Å².